The second kappa shape index (κ2) is 5.50. The number of nitrogens with one attached hydrogen (secondary N) is 2. The van der Waals surface area contributed by atoms with E-state index < -0.39 is 0 Å². The van der Waals surface area contributed by atoms with Crippen LogP contribution in [0.3, 0.4) is 0 Å². The van der Waals surface area contributed by atoms with Gasteiger partial charge in [-0.3, -0.25) is 0 Å². The highest BCUT2D eigenvalue weighted by Gasteiger charge is 2.05. The van der Waals surface area contributed by atoms with E-state index in [4.69, 9.17) is 4.74 Å². The molecule has 0 bridgehead atoms. The van der Waals surface area contributed by atoms with Crippen LogP contribution < -0.4 is 10.1 Å². The molecular formula is C13H17N3O. The highest BCUT2D eigenvalue weighted by atomic mass is 16.5. The summed E-state index contributed by atoms with van der Waals surface area (Å²) in [5.74, 6) is 0.884. The van der Waals surface area contributed by atoms with E-state index in [-0.39, 0.29) is 0 Å². The number of H-pyrrole nitrogens is 1. The van der Waals surface area contributed by atoms with Gasteiger partial charge in [0.15, 0.2) is 0 Å². The summed E-state index contributed by atoms with van der Waals surface area (Å²) in [6.45, 7) is 2.92. The SMILES string of the molecule is COc1ccc([C@@H](C)NCc2cnc[nH]2)cc1. The van der Waals surface area contributed by atoms with Crippen molar-refractivity contribution in [3.8, 4) is 5.75 Å². The summed E-state index contributed by atoms with van der Waals surface area (Å²) < 4.78 is 5.13. The molecule has 4 nitrogen and oxygen atoms in total. The molecule has 0 amide bonds. The molecule has 1 atom stereocenters. The van der Waals surface area contributed by atoms with Crippen LogP contribution in [-0.4, -0.2) is 17.1 Å². The maximum Gasteiger partial charge on any atom is 0.118 e. The highest BCUT2D eigenvalue weighted by molar-refractivity contribution is 5.28. The number of hydrogen-bond acceptors (Lipinski definition) is 3. The monoisotopic (exact) mass is 231 g/mol. The topological polar surface area (TPSA) is 49.9 Å². The minimum absolute atomic E-state index is 0.296. The average molecular weight is 231 g/mol. The Morgan fingerprint density at radius 1 is 1.35 bits per heavy atom. The fourth-order valence-corrected chi connectivity index (χ4v) is 1.65. The van der Waals surface area contributed by atoms with Crippen molar-refractivity contribution in [3.63, 3.8) is 0 Å². The quantitative estimate of drug-likeness (QED) is 0.830. The van der Waals surface area contributed by atoms with Crippen molar-refractivity contribution >= 4 is 0 Å². The minimum Gasteiger partial charge on any atom is -0.497 e. The van der Waals surface area contributed by atoms with Gasteiger partial charge in [0.05, 0.1) is 13.4 Å². The molecule has 0 aliphatic rings. The first-order valence-electron chi connectivity index (χ1n) is 5.64. The highest BCUT2D eigenvalue weighted by Crippen LogP contribution is 2.17. The maximum absolute atomic E-state index is 5.13. The summed E-state index contributed by atoms with van der Waals surface area (Å²) in [6.07, 6.45) is 3.52. The van der Waals surface area contributed by atoms with Crippen LogP contribution in [0.2, 0.25) is 0 Å². The number of nitrogens with zero attached hydrogens (tertiary/aromatic N) is 1. The summed E-state index contributed by atoms with van der Waals surface area (Å²) in [4.78, 5) is 7.05. The molecule has 2 rings (SSSR count). The Morgan fingerprint density at radius 3 is 2.71 bits per heavy atom. The molecule has 0 fully saturated rings. The molecule has 1 aromatic heterocycles. The number of aromatic amines is 1. The standard InChI is InChI=1S/C13H17N3O/c1-10(15-8-12-7-14-9-16-12)11-3-5-13(17-2)6-4-11/h3-7,9-10,15H,8H2,1-2H3,(H,14,16)/t10-/m1/s1. The second-order valence-electron chi connectivity index (χ2n) is 3.95. The number of aromatic nitrogens is 2. The lowest BCUT2D eigenvalue weighted by molar-refractivity contribution is 0.414. The smallest absolute Gasteiger partial charge is 0.118 e. The summed E-state index contributed by atoms with van der Waals surface area (Å²) in [6, 6.07) is 8.39. The molecule has 17 heavy (non-hydrogen) atoms. The fraction of sp³-hybridized carbons (Fsp3) is 0.308. The third kappa shape index (κ3) is 3.07. The lowest BCUT2D eigenvalue weighted by atomic mass is 10.1. The summed E-state index contributed by atoms with van der Waals surface area (Å²) >= 11 is 0. The molecule has 1 heterocycles. The van der Waals surface area contributed by atoms with Gasteiger partial charge < -0.3 is 15.0 Å². The van der Waals surface area contributed by atoms with Crippen molar-refractivity contribution in [3.05, 3.63) is 48.0 Å². The van der Waals surface area contributed by atoms with Gasteiger partial charge in [0.25, 0.3) is 0 Å². The van der Waals surface area contributed by atoms with Gasteiger partial charge in [-0.1, -0.05) is 12.1 Å². The molecular weight excluding hydrogens is 214 g/mol. The largest absolute Gasteiger partial charge is 0.497 e. The van der Waals surface area contributed by atoms with E-state index in [2.05, 4.69) is 34.3 Å². The molecule has 90 valence electrons. The molecule has 2 N–H and O–H groups in total. The van der Waals surface area contributed by atoms with Crippen molar-refractivity contribution in [2.75, 3.05) is 7.11 Å². The van der Waals surface area contributed by atoms with Crippen molar-refractivity contribution in [2.24, 2.45) is 0 Å². The zero-order valence-corrected chi connectivity index (χ0v) is 10.1. The predicted molar refractivity (Wildman–Crippen MR) is 66.8 cm³/mol. The molecule has 0 saturated heterocycles. The number of methoxy groups -OCH3 is 1. The lowest BCUT2D eigenvalue weighted by Gasteiger charge is -2.13. The van der Waals surface area contributed by atoms with Crippen LogP contribution >= 0.6 is 0 Å². The first-order chi connectivity index (χ1) is 8.29. The Morgan fingerprint density at radius 2 is 2.12 bits per heavy atom. The Bertz CT molecular complexity index is 436. The Hall–Kier alpha value is -1.81. The number of hydrogen-bond donors (Lipinski definition) is 2. The van der Waals surface area contributed by atoms with Gasteiger partial charge >= 0.3 is 0 Å². The molecule has 0 unspecified atom stereocenters. The molecule has 1 aromatic carbocycles. The van der Waals surface area contributed by atoms with E-state index in [0.717, 1.165) is 18.0 Å². The average Bonchev–Trinajstić information content (AvgIpc) is 2.89. The van der Waals surface area contributed by atoms with Crippen LogP contribution in [0.25, 0.3) is 0 Å². The molecule has 0 aliphatic carbocycles. The van der Waals surface area contributed by atoms with Crippen LogP contribution in [0, 0.1) is 0 Å². The zero-order valence-electron chi connectivity index (χ0n) is 10.1. The fourth-order valence-electron chi connectivity index (χ4n) is 1.65. The number of ether oxygens (including phenoxy) is 1. The Labute approximate surface area is 101 Å². The molecule has 0 saturated carbocycles. The van der Waals surface area contributed by atoms with E-state index in [1.54, 1.807) is 13.4 Å². The van der Waals surface area contributed by atoms with Crippen LogP contribution in [0.1, 0.15) is 24.2 Å². The minimum atomic E-state index is 0.296. The molecule has 0 radical (unpaired) electrons. The van der Waals surface area contributed by atoms with Gasteiger partial charge in [0.2, 0.25) is 0 Å². The van der Waals surface area contributed by atoms with Gasteiger partial charge in [0, 0.05) is 24.5 Å². The number of benzene rings is 1. The third-order valence-corrected chi connectivity index (χ3v) is 2.77. The molecule has 2 aromatic rings. The summed E-state index contributed by atoms with van der Waals surface area (Å²) in [7, 11) is 1.68. The number of rotatable bonds is 5. The van der Waals surface area contributed by atoms with E-state index in [1.807, 2.05) is 18.3 Å². The van der Waals surface area contributed by atoms with Crippen LogP contribution in [0.4, 0.5) is 0 Å². The Kier molecular flexibility index (Phi) is 3.77. The molecule has 4 heteroatoms. The summed E-state index contributed by atoms with van der Waals surface area (Å²) in [5.41, 5.74) is 2.33. The third-order valence-electron chi connectivity index (χ3n) is 2.77. The van der Waals surface area contributed by atoms with Crippen LogP contribution in [0.15, 0.2) is 36.8 Å². The molecule has 0 spiro atoms. The zero-order chi connectivity index (χ0) is 12.1. The van der Waals surface area contributed by atoms with Crippen LogP contribution in [0.5, 0.6) is 5.75 Å². The van der Waals surface area contributed by atoms with Crippen molar-refractivity contribution in [1.29, 1.82) is 0 Å². The van der Waals surface area contributed by atoms with E-state index in [1.165, 1.54) is 5.56 Å². The van der Waals surface area contributed by atoms with Crippen molar-refractivity contribution in [1.82, 2.24) is 15.3 Å². The van der Waals surface area contributed by atoms with Gasteiger partial charge in [-0.2, -0.15) is 0 Å². The lowest BCUT2D eigenvalue weighted by Crippen LogP contribution is -2.18. The van der Waals surface area contributed by atoms with Gasteiger partial charge in [-0.25, -0.2) is 4.98 Å². The predicted octanol–water partition coefficient (Wildman–Crippen LogP) is 2.27. The number of imidazole rings is 1. The van der Waals surface area contributed by atoms with E-state index in [9.17, 15) is 0 Å². The van der Waals surface area contributed by atoms with E-state index in [0.29, 0.717) is 6.04 Å². The van der Waals surface area contributed by atoms with Crippen molar-refractivity contribution < 1.29 is 4.74 Å². The van der Waals surface area contributed by atoms with Gasteiger partial charge in [-0.05, 0) is 24.6 Å². The first-order valence-corrected chi connectivity index (χ1v) is 5.64. The first kappa shape index (κ1) is 11.7. The van der Waals surface area contributed by atoms with Crippen molar-refractivity contribution in [2.45, 2.75) is 19.5 Å². The molecule has 0 aliphatic heterocycles. The van der Waals surface area contributed by atoms with Gasteiger partial charge in [0.1, 0.15) is 5.75 Å². The Balaban J connectivity index is 1.92. The van der Waals surface area contributed by atoms with Crippen LogP contribution in [-0.2, 0) is 6.54 Å². The summed E-state index contributed by atoms with van der Waals surface area (Å²) in [5, 5.41) is 3.43. The van der Waals surface area contributed by atoms with Gasteiger partial charge in [-0.15, -0.1) is 0 Å². The maximum atomic E-state index is 5.13. The second-order valence-corrected chi connectivity index (χ2v) is 3.95. The van der Waals surface area contributed by atoms with E-state index >= 15 is 0 Å². The normalized spacial score (nSPS) is 12.4.